The van der Waals surface area contributed by atoms with Crippen LogP contribution < -0.4 is 0 Å². The van der Waals surface area contributed by atoms with E-state index in [4.69, 9.17) is 14.4 Å². The maximum Gasteiger partial charge on any atom is 0.160 e. The largest absolute Gasteiger partial charge is 0.455 e. The third kappa shape index (κ3) is 5.14. The monoisotopic (exact) mass is 652 g/mol. The second kappa shape index (κ2) is 12.1. The molecule has 0 saturated heterocycles. The van der Waals surface area contributed by atoms with Crippen LogP contribution in [0.4, 0.5) is 0 Å². The van der Waals surface area contributed by atoms with Crippen molar-refractivity contribution >= 4 is 49.1 Å². The minimum Gasteiger partial charge on any atom is -0.455 e. The van der Waals surface area contributed by atoms with Crippen LogP contribution in [0, 0.1) is 0 Å². The molecule has 1 aliphatic carbocycles. The van der Waals surface area contributed by atoms with Crippen molar-refractivity contribution in [2.24, 2.45) is 0 Å². The van der Waals surface area contributed by atoms with Gasteiger partial charge in [-0.05, 0) is 75.5 Å². The summed E-state index contributed by atoms with van der Waals surface area (Å²) in [4.78, 5) is 10.4. The van der Waals surface area contributed by atoms with E-state index in [-0.39, 0.29) is 0 Å². The molecule has 2 aromatic heterocycles. The minimum absolute atomic E-state index is 0.690. The molecule has 0 radical (unpaired) electrons. The number of hydrogen-bond acceptors (Lipinski definition) is 3. The summed E-state index contributed by atoms with van der Waals surface area (Å²) in [6.45, 7) is 0. The summed E-state index contributed by atoms with van der Waals surface area (Å²) < 4.78 is 6.70. The number of nitrogens with zero attached hydrogens (tertiary/aromatic N) is 2. The van der Waals surface area contributed by atoms with E-state index in [1.54, 1.807) is 0 Å². The molecule has 0 aliphatic heterocycles. The van der Waals surface area contributed by atoms with Crippen LogP contribution in [0.3, 0.4) is 0 Å². The SMILES string of the molecule is C1=CC(c2cc3c(oc4cccc(-c5cc(-c6ccc(-c7ccc8ccccc8c7)cc6)nc(-c6ccccc6)n5)c43)c3ccccc23)=CCC1. The standard InChI is InChI=1S/C48H32N2O/c1-3-13-33(14-4-1)41-29-42-46-40(20-11-21-45(46)51-47(42)39-19-10-9-18-38(39)41)44-30-43(49-48(50-44)35-15-5-2-6-16-35)34-25-22-32(23-26-34)37-27-24-31-12-7-8-17-36(31)28-37/h2-3,5-30H,1,4H2. The molecular weight excluding hydrogens is 621 g/mol. The number of benzene rings is 7. The van der Waals surface area contributed by atoms with Gasteiger partial charge in [-0.15, -0.1) is 0 Å². The fourth-order valence-electron chi connectivity index (χ4n) is 7.57. The molecular formula is C48H32N2O. The van der Waals surface area contributed by atoms with Crippen molar-refractivity contribution in [1.82, 2.24) is 9.97 Å². The Balaban J connectivity index is 1.16. The molecule has 0 N–H and O–H groups in total. The van der Waals surface area contributed by atoms with Crippen LogP contribution in [0.15, 0.2) is 174 Å². The van der Waals surface area contributed by atoms with E-state index in [1.807, 2.05) is 18.2 Å². The lowest BCUT2D eigenvalue weighted by Crippen LogP contribution is -1.96. The Bertz CT molecular complexity index is 2840. The van der Waals surface area contributed by atoms with Gasteiger partial charge in [-0.3, -0.25) is 0 Å². The summed E-state index contributed by atoms with van der Waals surface area (Å²) in [6.07, 6.45) is 9.01. The zero-order valence-corrected chi connectivity index (χ0v) is 27.9. The molecule has 240 valence electrons. The quantitative estimate of drug-likeness (QED) is 0.186. The van der Waals surface area contributed by atoms with Crippen LogP contribution in [0.1, 0.15) is 18.4 Å². The Hall–Kier alpha value is -6.58. The first kappa shape index (κ1) is 29.3. The molecule has 9 aromatic rings. The van der Waals surface area contributed by atoms with Gasteiger partial charge in [-0.25, -0.2) is 9.97 Å². The lowest BCUT2D eigenvalue weighted by Gasteiger charge is -2.12. The summed E-state index contributed by atoms with van der Waals surface area (Å²) in [7, 11) is 0. The van der Waals surface area contributed by atoms with Crippen LogP contribution in [0.25, 0.3) is 94.1 Å². The molecule has 51 heavy (non-hydrogen) atoms. The van der Waals surface area contributed by atoms with Crippen molar-refractivity contribution in [3.8, 4) is 45.0 Å². The van der Waals surface area contributed by atoms with Gasteiger partial charge in [0.2, 0.25) is 0 Å². The Kier molecular flexibility index (Phi) is 6.95. The normalized spacial score (nSPS) is 13.0. The van der Waals surface area contributed by atoms with Crippen molar-refractivity contribution in [2.45, 2.75) is 12.8 Å². The highest BCUT2D eigenvalue weighted by Crippen LogP contribution is 2.43. The predicted octanol–water partition coefficient (Wildman–Crippen LogP) is 13.1. The number of hydrogen-bond donors (Lipinski definition) is 0. The van der Waals surface area contributed by atoms with Gasteiger partial charge in [-0.1, -0.05) is 146 Å². The van der Waals surface area contributed by atoms with Crippen molar-refractivity contribution in [3.05, 3.63) is 175 Å². The topological polar surface area (TPSA) is 38.9 Å². The second-order valence-corrected chi connectivity index (χ2v) is 13.2. The van der Waals surface area contributed by atoms with E-state index in [2.05, 4.69) is 152 Å². The summed E-state index contributed by atoms with van der Waals surface area (Å²) in [5, 5.41) is 6.95. The molecule has 0 amide bonds. The second-order valence-electron chi connectivity index (χ2n) is 13.2. The van der Waals surface area contributed by atoms with E-state index in [0.29, 0.717) is 5.82 Å². The molecule has 2 heterocycles. The van der Waals surface area contributed by atoms with Crippen molar-refractivity contribution < 1.29 is 4.42 Å². The lowest BCUT2D eigenvalue weighted by molar-refractivity contribution is 0.672. The average Bonchev–Trinajstić information content (AvgIpc) is 3.60. The third-order valence-electron chi connectivity index (χ3n) is 10.1. The lowest BCUT2D eigenvalue weighted by atomic mass is 9.91. The van der Waals surface area contributed by atoms with E-state index in [9.17, 15) is 0 Å². The molecule has 3 heteroatoms. The summed E-state index contributed by atoms with van der Waals surface area (Å²) in [5.41, 5.74) is 11.4. The molecule has 0 saturated carbocycles. The number of rotatable bonds is 5. The van der Waals surface area contributed by atoms with Gasteiger partial charge >= 0.3 is 0 Å². The molecule has 0 bridgehead atoms. The van der Waals surface area contributed by atoms with Gasteiger partial charge in [-0.2, -0.15) is 0 Å². The zero-order valence-electron chi connectivity index (χ0n) is 27.9. The first-order valence-electron chi connectivity index (χ1n) is 17.6. The Labute approximate surface area is 295 Å². The smallest absolute Gasteiger partial charge is 0.160 e. The number of aromatic nitrogens is 2. The van der Waals surface area contributed by atoms with E-state index in [1.165, 1.54) is 38.4 Å². The Morgan fingerprint density at radius 2 is 1.22 bits per heavy atom. The molecule has 10 rings (SSSR count). The van der Waals surface area contributed by atoms with E-state index >= 15 is 0 Å². The van der Waals surface area contributed by atoms with Crippen molar-refractivity contribution in [3.63, 3.8) is 0 Å². The summed E-state index contributed by atoms with van der Waals surface area (Å²) in [5.74, 6) is 0.690. The van der Waals surface area contributed by atoms with Crippen LogP contribution in [-0.4, -0.2) is 9.97 Å². The first-order valence-corrected chi connectivity index (χ1v) is 17.6. The maximum absolute atomic E-state index is 6.70. The molecule has 0 atom stereocenters. The fraction of sp³-hybridized carbons (Fsp3) is 0.0417. The minimum atomic E-state index is 0.690. The highest BCUT2D eigenvalue weighted by Gasteiger charge is 2.20. The van der Waals surface area contributed by atoms with Gasteiger partial charge in [0.15, 0.2) is 5.82 Å². The average molecular weight is 653 g/mol. The first-order chi connectivity index (χ1) is 25.3. The molecule has 7 aromatic carbocycles. The Morgan fingerprint density at radius 3 is 2.06 bits per heavy atom. The molecule has 1 aliphatic rings. The molecule has 0 spiro atoms. The van der Waals surface area contributed by atoms with Gasteiger partial charge in [0.1, 0.15) is 11.2 Å². The highest BCUT2D eigenvalue weighted by molar-refractivity contribution is 6.21. The molecule has 3 nitrogen and oxygen atoms in total. The van der Waals surface area contributed by atoms with Crippen LogP contribution in [0.5, 0.6) is 0 Å². The van der Waals surface area contributed by atoms with Crippen molar-refractivity contribution in [1.29, 1.82) is 0 Å². The van der Waals surface area contributed by atoms with Gasteiger partial charge in [0.25, 0.3) is 0 Å². The fourth-order valence-corrected chi connectivity index (χ4v) is 7.57. The molecule has 0 unspecified atom stereocenters. The van der Waals surface area contributed by atoms with Gasteiger partial charge in [0.05, 0.1) is 11.4 Å². The summed E-state index contributed by atoms with van der Waals surface area (Å²) >= 11 is 0. The number of furan rings is 1. The van der Waals surface area contributed by atoms with Crippen molar-refractivity contribution in [2.75, 3.05) is 0 Å². The highest BCUT2D eigenvalue weighted by atomic mass is 16.3. The zero-order chi connectivity index (χ0) is 33.7. The number of allylic oxidation sites excluding steroid dienone is 4. The van der Waals surface area contributed by atoms with E-state index < -0.39 is 0 Å². The van der Waals surface area contributed by atoms with Crippen LogP contribution in [0.2, 0.25) is 0 Å². The van der Waals surface area contributed by atoms with E-state index in [0.717, 1.165) is 68.2 Å². The third-order valence-corrected chi connectivity index (χ3v) is 10.1. The van der Waals surface area contributed by atoms with Gasteiger partial charge in [0, 0.05) is 32.8 Å². The number of fused-ring (bicyclic) bond motifs is 6. The predicted molar refractivity (Wildman–Crippen MR) is 212 cm³/mol. The van der Waals surface area contributed by atoms with Gasteiger partial charge < -0.3 is 4.42 Å². The Morgan fingerprint density at radius 1 is 0.471 bits per heavy atom. The van der Waals surface area contributed by atoms with Crippen LogP contribution in [-0.2, 0) is 0 Å². The maximum atomic E-state index is 6.70. The summed E-state index contributed by atoms with van der Waals surface area (Å²) in [6, 6.07) is 53.4. The molecule has 0 fully saturated rings. The van der Waals surface area contributed by atoms with Crippen LogP contribution >= 0.6 is 0 Å².